The normalized spacial score (nSPS) is 13.6. The van der Waals surface area contributed by atoms with E-state index in [1.807, 2.05) is 37.3 Å². The number of nitrogens with one attached hydrogen (secondary N) is 1. The standard InChI is InChI=1S/C15H20N4OS/c1-11(8-9-21(2)20)17-14-10-13(16)18-15(19-14)12-6-4-3-5-7-12/h3-7,10-11H,8-9H2,1-2H3,(H3,16,17,18,19). The van der Waals surface area contributed by atoms with Crippen molar-refractivity contribution < 1.29 is 4.21 Å². The molecule has 0 fully saturated rings. The lowest BCUT2D eigenvalue weighted by Gasteiger charge is -2.14. The van der Waals surface area contributed by atoms with Crippen LogP contribution in [0, 0.1) is 0 Å². The number of benzene rings is 1. The lowest BCUT2D eigenvalue weighted by Crippen LogP contribution is -2.19. The molecule has 1 aromatic carbocycles. The van der Waals surface area contributed by atoms with Crippen LogP contribution in [-0.2, 0) is 10.8 Å². The highest BCUT2D eigenvalue weighted by Crippen LogP contribution is 2.19. The first-order valence-electron chi connectivity index (χ1n) is 6.81. The van der Waals surface area contributed by atoms with Crippen molar-refractivity contribution in [1.82, 2.24) is 9.97 Å². The number of aromatic nitrogens is 2. The van der Waals surface area contributed by atoms with Crippen LogP contribution in [0.1, 0.15) is 13.3 Å². The summed E-state index contributed by atoms with van der Waals surface area (Å²) in [5.74, 6) is 2.39. The van der Waals surface area contributed by atoms with Crippen LogP contribution in [0.25, 0.3) is 11.4 Å². The van der Waals surface area contributed by atoms with Gasteiger partial charge in [-0.05, 0) is 13.3 Å². The fourth-order valence-corrected chi connectivity index (χ4v) is 2.61. The molecule has 2 unspecified atom stereocenters. The molecule has 0 saturated heterocycles. The monoisotopic (exact) mass is 304 g/mol. The quantitative estimate of drug-likeness (QED) is 0.856. The van der Waals surface area contributed by atoms with Gasteiger partial charge in [0.15, 0.2) is 5.82 Å². The lowest BCUT2D eigenvalue weighted by molar-refractivity contribution is 0.678. The molecule has 21 heavy (non-hydrogen) atoms. The predicted molar refractivity (Wildman–Crippen MR) is 88.5 cm³/mol. The van der Waals surface area contributed by atoms with E-state index in [2.05, 4.69) is 15.3 Å². The fourth-order valence-electron chi connectivity index (χ4n) is 1.92. The van der Waals surface area contributed by atoms with Crippen LogP contribution in [0.3, 0.4) is 0 Å². The van der Waals surface area contributed by atoms with Crippen LogP contribution in [0.15, 0.2) is 36.4 Å². The molecule has 0 aliphatic carbocycles. The molecule has 1 aromatic heterocycles. The van der Waals surface area contributed by atoms with Crippen LogP contribution in [-0.4, -0.2) is 32.2 Å². The predicted octanol–water partition coefficient (Wildman–Crippen LogP) is 2.29. The Kier molecular flexibility index (Phi) is 5.27. The zero-order valence-electron chi connectivity index (χ0n) is 12.2. The Morgan fingerprint density at radius 3 is 2.67 bits per heavy atom. The van der Waals surface area contributed by atoms with E-state index < -0.39 is 10.8 Å². The smallest absolute Gasteiger partial charge is 0.163 e. The largest absolute Gasteiger partial charge is 0.384 e. The summed E-state index contributed by atoms with van der Waals surface area (Å²) in [5, 5.41) is 3.28. The molecule has 2 rings (SSSR count). The Morgan fingerprint density at radius 2 is 2.00 bits per heavy atom. The Labute approximate surface area is 127 Å². The van der Waals surface area contributed by atoms with Gasteiger partial charge in [0.1, 0.15) is 11.6 Å². The maximum Gasteiger partial charge on any atom is 0.163 e. The maximum atomic E-state index is 11.1. The van der Waals surface area contributed by atoms with Crippen LogP contribution in [0.4, 0.5) is 11.6 Å². The van der Waals surface area contributed by atoms with Crippen LogP contribution in [0.2, 0.25) is 0 Å². The number of nitrogen functional groups attached to an aromatic ring is 1. The van der Waals surface area contributed by atoms with Gasteiger partial charge in [0.25, 0.3) is 0 Å². The van der Waals surface area contributed by atoms with E-state index in [0.717, 1.165) is 12.0 Å². The molecular formula is C15H20N4OS. The molecule has 2 atom stereocenters. The maximum absolute atomic E-state index is 11.1. The molecule has 3 N–H and O–H groups in total. The number of hydrogen-bond acceptors (Lipinski definition) is 5. The highest BCUT2D eigenvalue weighted by molar-refractivity contribution is 7.84. The van der Waals surface area contributed by atoms with Gasteiger partial charge in [-0.1, -0.05) is 30.3 Å². The van der Waals surface area contributed by atoms with E-state index in [1.54, 1.807) is 12.3 Å². The van der Waals surface area contributed by atoms with Gasteiger partial charge < -0.3 is 11.1 Å². The second-order valence-electron chi connectivity index (χ2n) is 4.98. The van der Waals surface area contributed by atoms with E-state index in [-0.39, 0.29) is 6.04 Å². The summed E-state index contributed by atoms with van der Waals surface area (Å²) in [5.41, 5.74) is 6.78. The number of rotatable bonds is 6. The third kappa shape index (κ3) is 4.82. The van der Waals surface area contributed by atoms with E-state index in [1.165, 1.54) is 0 Å². The second kappa shape index (κ2) is 7.17. The van der Waals surface area contributed by atoms with Gasteiger partial charge >= 0.3 is 0 Å². The average Bonchev–Trinajstić information content (AvgIpc) is 2.45. The van der Waals surface area contributed by atoms with Crippen molar-refractivity contribution in [1.29, 1.82) is 0 Å². The van der Waals surface area contributed by atoms with Crippen molar-refractivity contribution in [3.63, 3.8) is 0 Å². The molecule has 5 nitrogen and oxygen atoms in total. The average molecular weight is 304 g/mol. The van der Waals surface area contributed by atoms with Gasteiger partial charge in [0, 0.05) is 40.5 Å². The second-order valence-corrected chi connectivity index (χ2v) is 6.53. The van der Waals surface area contributed by atoms with Gasteiger partial charge in [-0.25, -0.2) is 9.97 Å². The zero-order valence-corrected chi connectivity index (χ0v) is 13.1. The van der Waals surface area contributed by atoms with E-state index >= 15 is 0 Å². The van der Waals surface area contributed by atoms with E-state index in [9.17, 15) is 4.21 Å². The third-order valence-electron chi connectivity index (χ3n) is 3.01. The number of anilines is 2. The highest BCUT2D eigenvalue weighted by Gasteiger charge is 2.08. The van der Waals surface area contributed by atoms with Gasteiger partial charge in [-0.2, -0.15) is 0 Å². The molecule has 0 spiro atoms. The first-order valence-corrected chi connectivity index (χ1v) is 8.54. The fraction of sp³-hybridized carbons (Fsp3) is 0.333. The third-order valence-corrected chi connectivity index (χ3v) is 3.82. The van der Waals surface area contributed by atoms with E-state index in [4.69, 9.17) is 5.73 Å². The Bertz CT molecular complexity index is 618. The summed E-state index contributed by atoms with van der Waals surface area (Å²) >= 11 is 0. The topological polar surface area (TPSA) is 80.9 Å². The minimum absolute atomic E-state index is 0.173. The van der Waals surface area contributed by atoms with Crippen molar-refractivity contribution in [3.8, 4) is 11.4 Å². The van der Waals surface area contributed by atoms with Crippen LogP contribution in [0.5, 0.6) is 0 Å². The minimum atomic E-state index is -0.780. The van der Waals surface area contributed by atoms with E-state index in [0.29, 0.717) is 23.2 Å². The van der Waals surface area contributed by atoms with Gasteiger partial charge in [0.05, 0.1) is 0 Å². The number of nitrogens with zero attached hydrogens (tertiary/aromatic N) is 2. The summed E-state index contributed by atoms with van der Waals surface area (Å²) < 4.78 is 11.1. The van der Waals surface area contributed by atoms with Gasteiger partial charge in [-0.15, -0.1) is 0 Å². The lowest BCUT2D eigenvalue weighted by atomic mass is 10.2. The molecule has 0 saturated carbocycles. The minimum Gasteiger partial charge on any atom is -0.384 e. The summed E-state index contributed by atoms with van der Waals surface area (Å²) in [6.45, 7) is 2.04. The Balaban J connectivity index is 2.14. The molecule has 6 heteroatoms. The summed E-state index contributed by atoms with van der Waals surface area (Å²) in [4.78, 5) is 8.76. The van der Waals surface area contributed by atoms with Gasteiger partial charge in [0.2, 0.25) is 0 Å². The zero-order chi connectivity index (χ0) is 15.2. The summed E-state index contributed by atoms with van der Waals surface area (Å²) in [7, 11) is -0.780. The molecule has 112 valence electrons. The number of nitrogens with two attached hydrogens (primary N) is 1. The molecule has 0 bridgehead atoms. The van der Waals surface area contributed by atoms with Crippen molar-refractivity contribution in [2.24, 2.45) is 0 Å². The first-order chi connectivity index (χ1) is 10.0. The van der Waals surface area contributed by atoms with Crippen LogP contribution >= 0.6 is 0 Å². The molecule has 2 aromatic rings. The molecule has 0 aliphatic rings. The van der Waals surface area contributed by atoms with Crippen molar-refractivity contribution in [3.05, 3.63) is 36.4 Å². The summed E-state index contributed by atoms with van der Waals surface area (Å²) in [6, 6.07) is 11.6. The van der Waals surface area contributed by atoms with Crippen molar-refractivity contribution in [2.75, 3.05) is 23.1 Å². The van der Waals surface area contributed by atoms with Crippen molar-refractivity contribution >= 4 is 22.4 Å². The van der Waals surface area contributed by atoms with Crippen molar-refractivity contribution in [2.45, 2.75) is 19.4 Å². The SMILES string of the molecule is CC(CCS(C)=O)Nc1cc(N)nc(-c2ccccc2)n1. The molecule has 0 amide bonds. The molecule has 1 heterocycles. The Morgan fingerprint density at radius 1 is 1.29 bits per heavy atom. The molecule has 0 aliphatic heterocycles. The van der Waals surface area contributed by atoms with Gasteiger partial charge in [-0.3, -0.25) is 4.21 Å². The number of hydrogen-bond donors (Lipinski definition) is 2. The highest BCUT2D eigenvalue weighted by atomic mass is 32.2. The Hall–Kier alpha value is -1.95. The van der Waals surface area contributed by atoms with Crippen LogP contribution < -0.4 is 11.1 Å². The first kappa shape index (κ1) is 15.4. The summed E-state index contributed by atoms with van der Waals surface area (Å²) in [6.07, 6.45) is 2.52. The molecule has 0 radical (unpaired) electrons. The molecular weight excluding hydrogens is 284 g/mol.